The van der Waals surface area contributed by atoms with Crippen LogP contribution in [-0.2, 0) is 4.79 Å². The molecule has 0 radical (unpaired) electrons. The van der Waals surface area contributed by atoms with E-state index < -0.39 is 11.6 Å². The molecular weight excluding hydrogens is 304 g/mol. The van der Waals surface area contributed by atoms with Crippen LogP contribution in [0.3, 0.4) is 0 Å². The van der Waals surface area contributed by atoms with Crippen LogP contribution < -0.4 is 5.32 Å². The summed E-state index contributed by atoms with van der Waals surface area (Å²) in [7, 11) is 0. The van der Waals surface area contributed by atoms with Crippen molar-refractivity contribution in [3.8, 4) is 0 Å². The lowest BCUT2D eigenvalue weighted by Crippen LogP contribution is -2.14. The van der Waals surface area contributed by atoms with Gasteiger partial charge >= 0.3 is 0 Å². The molecule has 0 spiro atoms. The van der Waals surface area contributed by atoms with Crippen molar-refractivity contribution in [3.63, 3.8) is 0 Å². The van der Waals surface area contributed by atoms with Gasteiger partial charge in [0.05, 0.1) is 16.5 Å². The van der Waals surface area contributed by atoms with Crippen molar-refractivity contribution < 1.29 is 13.6 Å². The van der Waals surface area contributed by atoms with Gasteiger partial charge in [0.1, 0.15) is 0 Å². The SMILES string of the molecule is O=C(CSc1ccc(F)c(F)c1)Nc1ccccc1Cl. The van der Waals surface area contributed by atoms with Crippen LogP contribution in [0, 0.1) is 11.6 Å². The monoisotopic (exact) mass is 313 g/mol. The second kappa shape index (κ2) is 6.72. The van der Waals surface area contributed by atoms with Crippen LogP contribution in [0.4, 0.5) is 14.5 Å². The van der Waals surface area contributed by atoms with Gasteiger partial charge in [-0.25, -0.2) is 8.78 Å². The van der Waals surface area contributed by atoms with E-state index in [1.54, 1.807) is 24.3 Å². The maximum atomic E-state index is 13.0. The first-order chi connectivity index (χ1) is 9.56. The van der Waals surface area contributed by atoms with Crippen molar-refractivity contribution in [2.45, 2.75) is 4.90 Å². The number of amides is 1. The average Bonchev–Trinajstić information content (AvgIpc) is 2.43. The van der Waals surface area contributed by atoms with Gasteiger partial charge in [-0.15, -0.1) is 11.8 Å². The Balaban J connectivity index is 1.92. The molecule has 6 heteroatoms. The number of carbonyl (C=O) groups is 1. The molecule has 1 amide bonds. The maximum absolute atomic E-state index is 13.0. The van der Waals surface area contributed by atoms with E-state index in [0.717, 1.165) is 23.9 Å². The van der Waals surface area contributed by atoms with Crippen molar-refractivity contribution in [2.75, 3.05) is 11.1 Å². The molecule has 0 heterocycles. The number of benzene rings is 2. The molecule has 2 aromatic carbocycles. The minimum Gasteiger partial charge on any atom is -0.324 e. The number of hydrogen-bond donors (Lipinski definition) is 1. The van der Waals surface area contributed by atoms with E-state index in [1.165, 1.54) is 6.07 Å². The highest BCUT2D eigenvalue weighted by Crippen LogP contribution is 2.23. The molecular formula is C14H10ClF2NOS. The van der Waals surface area contributed by atoms with Crippen molar-refractivity contribution in [1.29, 1.82) is 0 Å². The van der Waals surface area contributed by atoms with Crippen LogP contribution in [0.1, 0.15) is 0 Å². The number of thioether (sulfide) groups is 1. The molecule has 2 aromatic rings. The van der Waals surface area contributed by atoms with Gasteiger partial charge in [0, 0.05) is 4.90 Å². The summed E-state index contributed by atoms with van der Waals surface area (Å²) in [6, 6.07) is 10.4. The second-order valence-electron chi connectivity index (χ2n) is 3.89. The van der Waals surface area contributed by atoms with E-state index in [2.05, 4.69) is 5.32 Å². The second-order valence-corrected chi connectivity index (χ2v) is 5.35. The molecule has 0 atom stereocenters. The summed E-state index contributed by atoms with van der Waals surface area (Å²) >= 11 is 7.03. The Labute approximate surface area is 124 Å². The summed E-state index contributed by atoms with van der Waals surface area (Å²) in [4.78, 5) is 12.2. The molecule has 0 saturated heterocycles. The number of hydrogen-bond acceptors (Lipinski definition) is 2. The zero-order valence-electron chi connectivity index (χ0n) is 10.2. The largest absolute Gasteiger partial charge is 0.324 e. The average molecular weight is 314 g/mol. The molecule has 0 saturated carbocycles. The van der Waals surface area contributed by atoms with Crippen LogP contribution in [0.2, 0.25) is 5.02 Å². The minimum absolute atomic E-state index is 0.0797. The zero-order valence-corrected chi connectivity index (χ0v) is 11.8. The number of rotatable bonds is 4. The normalized spacial score (nSPS) is 10.3. The molecule has 0 aliphatic heterocycles. The maximum Gasteiger partial charge on any atom is 0.234 e. The molecule has 104 valence electrons. The fourth-order valence-corrected chi connectivity index (χ4v) is 2.37. The Morgan fingerprint density at radius 3 is 2.60 bits per heavy atom. The Bertz CT molecular complexity index is 636. The highest BCUT2D eigenvalue weighted by atomic mass is 35.5. The summed E-state index contributed by atoms with van der Waals surface area (Å²) in [5, 5.41) is 3.09. The quantitative estimate of drug-likeness (QED) is 0.850. The van der Waals surface area contributed by atoms with Crippen molar-refractivity contribution in [1.82, 2.24) is 0 Å². The Hall–Kier alpha value is -1.59. The standard InChI is InChI=1S/C14H10ClF2NOS/c15-10-3-1-2-4-13(10)18-14(19)8-20-9-5-6-11(16)12(17)7-9/h1-7H,8H2,(H,18,19). The molecule has 2 rings (SSSR count). The topological polar surface area (TPSA) is 29.1 Å². The molecule has 0 aliphatic rings. The van der Waals surface area contributed by atoms with Gasteiger partial charge < -0.3 is 5.32 Å². The third-order valence-corrected chi connectivity index (χ3v) is 3.73. The minimum atomic E-state index is -0.929. The molecule has 1 N–H and O–H groups in total. The van der Waals surface area contributed by atoms with E-state index in [-0.39, 0.29) is 11.7 Å². The van der Waals surface area contributed by atoms with E-state index in [1.807, 2.05) is 0 Å². The van der Waals surface area contributed by atoms with Crippen molar-refractivity contribution in [3.05, 3.63) is 59.1 Å². The highest BCUT2D eigenvalue weighted by molar-refractivity contribution is 8.00. The number of halogens is 3. The number of anilines is 1. The summed E-state index contributed by atoms with van der Waals surface area (Å²) < 4.78 is 25.7. The Morgan fingerprint density at radius 1 is 1.15 bits per heavy atom. The molecule has 0 bridgehead atoms. The first kappa shape index (κ1) is 14.8. The number of para-hydroxylation sites is 1. The van der Waals surface area contributed by atoms with Gasteiger partial charge in [-0.1, -0.05) is 23.7 Å². The van der Waals surface area contributed by atoms with Gasteiger partial charge in [0.15, 0.2) is 11.6 Å². The summed E-state index contributed by atoms with van der Waals surface area (Å²) in [5.41, 5.74) is 0.519. The lowest BCUT2D eigenvalue weighted by Gasteiger charge is -2.07. The molecule has 0 unspecified atom stereocenters. The number of nitrogens with one attached hydrogen (secondary N) is 1. The van der Waals surface area contributed by atoms with Gasteiger partial charge in [0.2, 0.25) is 5.91 Å². The van der Waals surface area contributed by atoms with E-state index in [0.29, 0.717) is 15.6 Å². The van der Waals surface area contributed by atoms with E-state index in [9.17, 15) is 13.6 Å². The van der Waals surface area contributed by atoms with Crippen LogP contribution in [0.25, 0.3) is 0 Å². The fraction of sp³-hybridized carbons (Fsp3) is 0.0714. The van der Waals surface area contributed by atoms with Gasteiger partial charge in [-0.3, -0.25) is 4.79 Å². The predicted octanol–water partition coefficient (Wildman–Crippen LogP) is 4.35. The van der Waals surface area contributed by atoms with Crippen LogP contribution in [0.15, 0.2) is 47.4 Å². The van der Waals surface area contributed by atoms with Gasteiger partial charge in [-0.2, -0.15) is 0 Å². The third-order valence-electron chi connectivity index (χ3n) is 2.41. The molecule has 0 aromatic heterocycles. The van der Waals surface area contributed by atoms with E-state index in [4.69, 9.17) is 11.6 Å². The van der Waals surface area contributed by atoms with E-state index >= 15 is 0 Å². The molecule has 0 aliphatic carbocycles. The Kier molecular flexibility index (Phi) is 4.98. The molecule has 0 fully saturated rings. The molecule has 20 heavy (non-hydrogen) atoms. The fourth-order valence-electron chi connectivity index (χ4n) is 1.46. The summed E-state index contributed by atoms with van der Waals surface area (Å²) in [6.45, 7) is 0. The van der Waals surface area contributed by atoms with Crippen LogP contribution in [0.5, 0.6) is 0 Å². The first-order valence-electron chi connectivity index (χ1n) is 5.68. The van der Waals surface area contributed by atoms with Gasteiger partial charge in [0.25, 0.3) is 0 Å². The first-order valence-corrected chi connectivity index (χ1v) is 7.05. The lowest BCUT2D eigenvalue weighted by molar-refractivity contribution is -0.113. The van der Waals surface area contributed by atoms with Crippen LogP contribution >= 0.6 is 23.4 Å². The summed E-state index contributed by atoms with van der Waals surface area (Å²) in [5.74, 6) is -2.03. The predicted molar refractivity (Wildman–Crippen MR) is 77.2 cm³/mol. The zero-order chi connectivity index (χ0) is 14.5. The van der Waals surface area contributed by atoms with Gasteiger partial charge in [-0.05, 0) is 30.3 Å². The smallest absolute Gasteiger partial charge is 0.234 e. The van der Waals surface area contributed by atoms with Crippen molar-refractivity contribution >= 4 is 35.0 Å². The summed E-state index contributed by atoms with van der Waals surface area (Å²) in [6.07, 6.45) is 0. The number of carbonyl (C=O) groups excluding carboxylic acids is 1. The van der Waals surface area contributed by atoms with Crippen LogP contribution in [-0.4, -0.2) is 11.7 Å². The lowest BCUT2D eigenvalue weighted by atomic mass is 10.3. The third kappa shape index (κ3) is 3.95. The molecule has 2 nitrogen and oxygen atoms in total. The Morgan fingerprint density at radius 2 is 1.90 bits per heavy atom. The van der Waals surface area contributed by atoms with Crippen molar-refractivity contribution in [2.24, 2.45) is 0 Å². The highest BCUT2D eigenvalue weighted by Gasteiger charge is 2.08.